The Morgan fingerprint density at radius 2 is 2.47 bits per heavy atom. The predicted molar refractivity (Wildman–Crippen MR) is 61.7 cm³/mol. The summed E-state index contributed by atoms with van der Waals surface area (Å²) in [5.41, 5.74) is 1.25. The monoisotopic (exact) mass is 207 g/mol. The van der Waals surface area contributed by atoms with E-state index in [2.05, 4.69) is 28.7 Å². The summed E-state index contributed by atoms with van der Waals surface area (Å²) in [7, 11) is 0. The molecule has 0 aliphatic carbocycles. The lowest BCUT2D eigenvalue weighted by Gasteiger charge is -2.27. The zero-order valence-electron chi connectivity index (χ0n) is 9.74. The molecule has 0 amide bonds. The van der Waals surface area contributed by atoms with Crippen LogP contribution in [0.25, 0.3) is 0 Å². The van der Waals surface area contributed by atoms with Crippen molar-refractivity contribution >= 4 is 0 Å². The van der Waals surface area contributed by atoms with Crippen LogP contribution in [-0.2, 0) is 6.42 Å². The minimum absolute atomic E-state index is 0.786. The first-order chi connectivity index (χ1) is 7.27. The minimum Gasteiger partial charge on any atom is -0.348 e. The molecule has 1 N–H and O–H groups in total. The summed E-state index contributed by atoms with van der Waals surface area (Å²) in [6.07, 6.45) is 7.54. The van der Waals surface area contributed by atoms with E-state index in [1.165, 1.54) is 31.6 Å². The number of H-pyrrole nitrogens is 1. The molecule has 3 nitrogen and oxygen atoms in total. The largest absolute Gasteiger partial charge is 0.348 e. The summed E-state index contributed by atoms with van der Waals surface area (Å²) in [6, 6.07) is 0.799. The Labute approximate surface area is 91.9 Å². The highest BCUT2D eigenvalue weighted by atomic mass is 15.2. The van der Waals surface area contributed by atoms with Crippen molar-refractivity contribution < 1.29 is 0 Å². The molecule has 1 atom stereocenters. The van der Waals surface area contributed by atoms with Crippen molar-refractivity contribution in [3.8, 4) is 0 Å². The fourth-order valence-corrected chi connectivity index (χ4v) is 2.57. The van der Waals surface area contributed by atoms with Crippen molar-refractivity contribution in [2.75, 3.05) is 13.1 Å². The second kappa shape index (κ2) is 4.79. The average Bonchev–Trinajstić information content (AvgIpc) is 2.86. The van der Waals surface area contributed by atoms with Crippen LogP contribution in [-0.4, -0.2) is 34.0 Å². The average molecular weight is 207 g/mol. The van der Waals surface area contributed by atoms with Crippen LogP contribution in [0.5, 0.6) is 0 Å². The van der Waals surface area contributed by atoms with E-state index in [0.29, 0.717) is 0 Å². The van der Waals surface area contributed by atoms with Crippen molar-refractivity contribution in [2.24, 2.45) is 5.92 Å². The van der Waals surface area contributed by atoms with E-state index in [0.717, 1.165) is 18.4 Å². The Kier molecular flexibility index (Phi) is 3.41. The highest BCUT2D eigenvalue weighted by molar-refractivity contribution is 4.95. The van der Waals surface area contributed by atoms with Crippen LogP contribution in [0.4, 0.5) is 0 Å². The van der Waals surface area contributed by atoms with Crippen molar-refractivity contribution in [1.29, 1.82) is 0 Å². The molecule has 0 radical (unpaired) electrons. The highest BCUT2D eigenvalue weighted by Gasteiger charge is 2.26. The zero-order chi connectivity index (χ0) is 10.7. The topological polar surface area (TPSA) is 31.9 Å². The molecule has 2 heterocycles. The Morgan fingerprint density at radius 3 is 3.13 bits per heavy atom. The quantitative estimate of drug-likeness (QED) is 0.819. The van der Waals surface area contributed by atoms with Crippen molar-refractivity contribution in [1.82, 2.24) is 14.9 Å². The summed E-state index contributed by atoms with van der Waals surface area (Å²) in [5.74, 6) is 0.786. The van der Waals surface area contributed by atoms with Gasteiger partial charge in [-0.15, -0.1) is 0 Å². The molecule has 1 fully saturated rings. The van der Waals surface area contributed by atoms with E-state index in [-0.39, 0.29) is 0 Å². The molecule has 1 aliphatic heterocycles. The molecule has 15 heavy (non-hydrogen) atoms. The summed E-state index contributed by atoms with van der Waals surface area (Å²) >= 11 is 0. The number of hydrogen-bond donors (Lipinski definition) is 1. The molecular weight excluding hydrogens is 186 g/mol. The molecule has 2 rings (SSSR count). The zero-order valence-corrected chi connectivity index (χ0v) is 9.74. The number of rotatable bonds is 4. The Balaban J connectivity index is 1.83. The number of nitrogens with one attached hydrogen (secondary N) is 1. The van der Waals surface area contributed by atoms with Gasteiger partial charge >= 0.3 is 0 Å². The van der Waals surface area contributed by atoms with Crippen LogP contribution in [0, 0.1) is 5.92 Å². The van der Waals surface area contributed by atoms with Gasteiger partial charge in [0.2, 0.25) is 0 Å². The maximum atomic E-state index is 4.05. The minimum atomic E-state index is 0.786. The lowest BCUT2D eigenvalue weighted by atomic mass is 10.0. The molecular formula is C12H21N3. The van der Waals surface area contributed by atoms with Gasteiger partial charge in [-0.05, 0) is 25.3 Å². The van der Waals surface area contributed by atoms with Gasteiger partial charge in [0.25, 0.3) is 0 Å². The number of aromatic amines is 1. The number of likely N-dealkylation sites (tertiary alicyclic amines) is 1. The van der Waals surface area contributed by atoms with Gasteiger partial charge in [-0.3, -0.25) is 4.90 Å². The van der Waals surface area contributed by atoms with Gasteiger partial charge in [0.05, 0.1) is 6.33 Å². The van der Waals surface area contributed by atoms with Gasteiger partial charge < -0.3 is 4.98 Å². The third-order valence-corrected chi connectivity index (χ3v) is 3.41. The number of aromatic nitrogens is 2. The standard InChI is InChI=1S/C12H21N3/c1-10(2)12-4-3-6-15(12)7-5-11-8-13-9-14-11/h8-10,12H,3-7H2,1-2H3,(H,13,14). The van der Waals surface area contributed by atoms with Gasteiger partial charge in [0.15, 0.2) is 0 Å². The number of imidazole rings is 1. The fourth-order valence-electron chi connectivity index (χ4n) is 2.57. The van der Waals surface area contributed by atoms with Crippen LogP contribution in [0.15, 0.2) is 12.5 Å². The van der Waals surface area contributed by atoms with E-state index >= 15 is 0 Å². The summed E-state index contributed by atoms with van der Waals surface area (Å²) in [6.45, 7) is 7.11. The second-order valence-electron chi connectivity index (χ2n) is 4.82. The van der Waals surface area contributed by atoms with E-state index in [1.54, 1.807) is 6.33 Å². The summed E-state index contributed by atoms with van der Waals surface area (Å²) < 4.78 is 0. The molecule has 1 aromatic heterocycles. The van der Waals surface area contributed by atoms with Gasteiger partial charge in [-0.2, -0.15) is 0 Å². The number of hydrogen-bond acceptors (Lipinski definition) is 2. The third-order valence-electron chi connectivity index (χ3n) is 3.41. The molecule has 0 saturated carbocycles. The smallest absolute Gasteiger partial charge is 0.0921 e. The Morgan fingerprint density at radius 1 is 1.60 bits per heavy atom. The molecule has 1 aromatic rings. The van der Waals surface area contributed by atoms with Crippen LogP contribution >= 0.6 is 0 Å². The van der Waals surface area contributed by atoms with Crippen molar-refractivity contribution in [3.63, 3.8) is 0 Å². The lowest BCUT2D eigenvalue weighted by molar-refractivity contribution is 0.208. The molecule has 0 aromatic carbocycles. The molecule has 0 spiro atoms. The maximum absolute atomic E-state index is 4.05. The van der Waals surface area contributed by atoms with E-state index in [9.17, 15) is 0 Å². The van der Waals surface area contributed by atoms with Crippen LogP contribution < -0.4 is 0 Å². The summed E-state index contributed by atoms with van der Waals surface area (Å²) in [4.78, 5) is 9.85. The van der Waals surface area contributed by atoms with Gasteiger partial charge in [-0.25, -0.2) is 4.98 Å². The van der Waals surface area contributed by atoms with Crippen LogP contribution in [0.1, 0.15) is 32.4 Å². The maximum Gasteiger partial charge on any atom is 0.0921 e. The highest BCUT2D eigenvalue weighted by Crippen LogP contribution is 2.23. The Hall–Kier alpha value is -0.830. The normalized spacial score (nSPS) is 22.7. The molecule has 3 heteroatoms. The molecule has 1 aliphatic rings. The third kappa shape index (κ3) is 2.59. The first kappa shape index (κ1) is 10.7. The Bertz CT molecular complexity index is 279. The molecule has 0 bridgehead atoms. The first-order valence-electron chi connectivity index (χ1n) is 5.98. The van der Waals surface area contributed by atoms with Gasteiger partial charge in [0, 0.05) is 30.9 Å². The first-order valence-corrected chi connectivity index (χ1v) is 5.98. The fraction of sp³-hybridized carbons (Fsp3) is 0.750. The van der Waals surface area contributed by atoms with E-state index in [1.807, 2.05) is 6.20 Å². The number of nitrogens with zero attached hydrogens (tertiary/aromatic N) is 2. The van der Waals surface area contributed by atoms with Gasteiger partial charge in [-0.1, -0.05) is 13.8 Å². The molecule has 1 saturated heterocycles. The van der Waals surface area contributed by atoms with E-state index < -0.39 is 0 Å². The SMILES string of the molecule is CC(C)C1CCCN1CCc1cnc[nH]1. The van der Waals surface area contributed by atoms with Crippen molar-refractivity contribution in [2.45, 2.75) is 39.2 Å². The van der Waals surface area contributed by atoms with Crippen LogP contribution in [0.3, 0.4) is 0 Å². The molecule has 84 valence electrons. The van der Waals surface area contributed by atoms with Crippen molar-refractivity contribution in [3.05, 3.63) is 18.2 Å². The predicted octanol–water partition coefficient (Wildman–Crippen LogP) is 2.07. The lowest BCUT2D eigenvalue weighted by Crippen LogP contribution is -2.34. The van der Waals surface area contributed by atoms with E-state index in [4.69, 9.17) is 0 Å². The second-order valence-corrected chi connectivity index (χ2v) is 4.82. The molecule has 1 unspecified atom stereocenters. The van der Waals surface area contributed by atoms with Crippen LogP contribution in [0.2, 0.25) is 0 Å². The summed E-state index contributed by atoms with van der Waals surface area (Å²) in [5, 5.41) is 0. The van der Waals surface area contributed by atoms with Gasteiger partial charge in [0.1, 0.15) is 0 Å².